The smallest absolute Gasteiger partial charge is 0.338 e. The molecule has 168 valence electrons. The second-order valence-electron chi connectivity index (χ2n) is 8.79. The molecule has 0 aliphatic carbocycles. The summed E-state index contributed by atoms with van der Waals surface area (Å²) in [6.07, 6.45) is -5.18. The summed E-state index contributed by atoms with van der Waals surface area (Å²) in [5.74, 6) is -2.53. The fourth-order valence-corrected chi connectivity index (χ4v) is 4.69. The molecule has 6 fully saturated rings. The number of hydrogen-bond donors (Lipinski definition) is 1. The maximum atomic E-state index is 11.2. The molecule has 12 heteroatoms. The molecule has 0 aromatic carbocycles. The van der Waals surface area contributed by atoms with Crippen molar-refractivity contribution in [2.45, 2.75) is 100.0 Å². The first-order valence-electron chi connectivity index (χ1n) is 9.71. The second kappa shape index (κ2) is 6.72. The SMILES string of the molecule is CC1(C)OC2[C@H](OC3[C@@H]2OC(=O)[C@@H]3Cl)O1.CC1(C)OC2[C@H](O[C@@H]3[C@H](O)C(=O)O[C@H]23)O1. The Bertz CT molecular complexity index is 694. The number of aliphatic hydroxyl groups is 1. The molecule has 0 amide bonds. The van der Waals surface area contributed by atoms with E-state index < -0.39 is 78.1 Å². The Balaban J connectivity index is 0.000000128. The van der Waals surface area contributed by atoms with Crippen LogP contribution in [0.25, 0.3) is 0 Å². The van der Waals surface area contributed by atoms with Gasteiger partial charge in [-0.05, 0) is 27.7 Å². The molecular formula is C18H23ClO11. The maximum Gasteiger partial charge on any atom is 0.338 e. The Morgan fingerprint density at radius 2 is 1.17 bits per heavy atom. The van der Waals surface area contributed by atoms with Gasteiger partial charge in [-0.25, -0.2) is 4.79 Å². The van der Waals surface area contributed by atoms with Gasteiger partial charge >= 0.3 is 11.9 Å². The van der Waals surface area contributed by atoms with Crippen molar-refractivity contribution in [1.29, 1.82) is 0 Å². The Kier molecular flexibility index (Phi) is 4.67. The highest BCUT2D eigenvalue weighted by molar-refractivity contribution is 6.31. The number of rotatable bonds is 0. The highest BCUT2D eigenvalue weighted by Gasteiger charge is 2.63. The van der Waals surface area contributed by atoms with Crippen molar-refractivity contribution >= 4 is 23.5 Å². The molecule has 0 saturated carbocycles. The van der Waals surface area contributed by atoms with Gasteiger partial charge in [-0.3, -0.25) is 4.79 Å². The van der Waals surface area contributed by atoms with E-state index in [0.717, 1.165) is 0 Å². The summed E-state index contributed by atoms with van der Waals surface area (Å²) < 4.78 is 43.1. The van der Waals surface area contributed by atoms with E-state index in [0.29, 0.717) is 0 Å². The van der Waals surface area contributed by atoms with Crippen molar-refractivity contribution in [2.24, 2.45) is 0 Å². The number of esters is 2. The first-order chi connectivity index (χ1) is 14.0. The number of carbonyl (C=O) groups excluding carboxylic acids is 2. The van der Waals surface area contributed by atoms with E-state index in [1.165, 1.54) is 0 Å². The first kappa shape index (κ1) is 20.8. The van der Waals surface area contributed by atoms with Crippen LogP contribution in [-0.4, -0.2) is 89.3 Å². The number of carbonyl (C=O) groups is 2. The molecule has 6 saturated heterocycles. The lowest BCUT2D eigenvalue weighted by atomic mass is 10.1. The van der Waals surface area contributed by atoms with Gasteiger partial charge in [0.2, 0.25) is 0 Å². The average molecular weight is 451 g/mol. The predicted molar refractivity (Wildman–Crippen MR) is 92.8 cm³/mol. The van der Waals surface area contributed by atoms with Crippen molar-refractivity contribution in [3.63, 3.8) is 0 Å². The van der Waals surface area contributed by atoms with Gasteiger partial charge in [0.05, 0.1) is 0 Å². The molecule has 6 aliphatic rings. The van der Waals surface area contributed by atoms with Crippen LogP contribution in [0, 0.1) is 0 Å². The molecule has 0 aromatic rings. The quantitative estimate of drug-likeness (QED) is 0.380. The number of halogens is 1. The van der Waals surface area contributed by atoms with Crippen LogP contribution in [0.15, 0.2) is 0 Å². The number of fused-ring (bicyclic) bond motifs is 6. The van der Waals surface area contributed by atoms with Gasteiger partial charge < -0.3 is 43.0 Å². The van der Waals surface area contributed by atoms with Crippen molar-refractivity contribution in [1.82, 2.24) is 0 Å². The highest BCUT2D eigenvalue weighted by Crippen LogP contribution is 2.44. The Morgan fingerprint density at radius 1 is 0.700 bits per heavy atom. The molecule has 0 radical (unpaired) electrons. The van der Waals surface area contributed by atoms with Crippen LogP contribution >= 0.6 is 11.6 Å². The standard InChI is InChI=1S/C9H11ClO5.C9H12O6/c2*1-9(2)14-6-5-4(13-8(6)15-9)3(10)7(11)12-5/h3-6,8H,1-2H3;3-6,8,10H,1-2H3/t3-,4?,5+,6?,8-;3-,4+,5-,6?,8+/m10/s1. The fourth-order valence-electron chi connectivity index (χ4n) is 4.44. The Labute approximate surface area is 176 Å². The summed E-state index contributed by atoms with van der Waals surface area (Å²) >= 11 is 5.84. The van der Waals surface area contributed by atoms with Gasteiger partial charge in [0, 0.05) is 0 Å². The fraction of sp³-hybridized carbons (Fsp3) is 0.889. The van der Waals surface area contributed by atoms with E-state index in [-0.39, 0.29) is 6.10 Å². The topological polar surface area (TPSA) is 128 Å². The number of hydrogen-bond acceptors (Lipinski definition) is 11. The average Bonchev–Trinajstić information content (AvgIpc) is 3.40. The third kappa shape index (κ3) is 3.23. The lowest BCUT2D eigenvalue weighted by molar-refractivity contribution is -0.214. The van der Waals surface area contributed by atoms with E-state index in [1.54, 1.807) is 27.7 Å². The van der Waals surface area contributed by atoms with Crippen LogP contribution in [0.4, 0.5) is 0 Å². The molecule has 10 atom stereocenters. The lowest BCUT2D eigenvalue weighted by Gasteiger charge is -2.20. The van der Waals surface area contributed by atoms with Gasteiger partial charge in [0.15, 0.2) is 60.1 Å². The summed E-state index contributed by atoms with van der Waals surface area (Å²) in [5.41, 5.74) is 0. The number of aliphatic hydroxyl groups excluding tert-OH is 1. The Hall–Kier alpha value is -1.05. The number of ether oxygens (including phenoxy) is 8. The molecule has 0 aromatic heterocycles. The van der Waals surface area contributed by atoms with Crippen molar-refractivity contribution in [3.8, 4) is 0 Å². The molecule has 3 unspecified atom stereocenters. The summed E-state index contributed by atoms with van der Waals surface area (Å²) in [4.78, 5) is 22.3. The van der Waals surface area contributed by atoms with E-state index >= 15 is 0 Å². The molecule has 0 bridgehead atoms. The summed E-state index contributed by atoms with van der Waals surface area (Å²) in [6.45, 7) is 7.10. The van der Waals surface area contributed by atoms with Crippen molar-refractivity contribution in [2.75, 3.05) is 0 Å². The van der Waals surface area contributed by atoms with E-state index in [2.05, 4.69) is 0 Å². The van der Waals surface area contributed by atoms with Gasteiger partial charge in [-0.2, -0.15) is 0 Å². The van der Waals surface area contributed by atoms with E-state index in [4.69, 9.17) is 49.5 Å². The molecule has 0 spiro atoms. The normalized spacial score (nSPS) is 51.4. The summed E-state index contributed by atoms with van der Waals surface area (Å²) in [6, 6.07) is 0. The van der Waals surface area contributed by atoms with Crippen LogP contribution in [0.5, 0.6) is 0 Å². The molecule has 30 heavy (non-hydrogen) atoms. The maximum absolute atomic E-state index is 11.2. The van der Waals surface area contributed by atoms with Crippen LogP contribution in [0.2, 0.25) is 0 Å². The minimum atomic E-state index is -1.23. The second-order valence-corrected chi connectivity index (χ2v) is 9.26. The zero-order chi connectivity index (χ0) is 21.6. The van der Waals surface area contributed by atoms with Gasteiger partial charge in [0.1, 0.15) is 12.2 Å². The van der Waals surface area contributed by atoms with Gasteiger partial charge in [-0.1, -0.05) is 0 Å². The molecular weight excluding hydrogens is 428 g/mol. The lowest BCUT2D eigenvalue weighted by Crippen LogP contribution is -2.35. The van der Waals surface area contributed by atoms with Crippen LogP contribution < -0.4 is 0 Å². The van der Waals surface area contributed by atoms with Crippen molar-refractivity contribution in [3.05, 3.63) is 0 Å². The Morgan fingerprint density at radius 3 is 1.73 bits per heavy atom. The highest BCUT2D eigenvalue weighted by atomic mass is 35.5. The minimum absolute atomic E-state index is 0.363. The first-order valence-corrected chi connectivity index (χ1v) is 10.1. The zero-order valence-corrected chi connectivity index (χ0v) is 17.4. The third-order valence-electron chi connectivity index (χ3n) is 5.62. The number of alkyl halides is 1. The monoisotopic (exact) mass is 450 g/mol. The van der Waals surface area contributed by atoms with Crippen LogP contribution in [0.3, 0.4) is 0 Å². The summed E-state index contributed by atoms with van der Waals surface area (Å²) in [7, 11) is 0. The largest absolute Gasteiger partial charge is 0.455 e. The van der Waals surface area contributed by atoms with E-state index in [9.17, 15) is 14.7 Å². The third-order valence-corrected chi connectivity index (χ3v) is 6.05. The van der Waals surface area contributed by atoms with Gasteiger partial charge in [-0.15, -0.1) is 11.6 Å². The predicted octanol–water partition coefficient (Wildman–Crippen LogP) is -0.455. The molecule has 1 N–H and O–H groups in total. The molecule has 6 rings (SSSR count). The van der Waals surface area contributed by atoms with E-state index in [1.807, 2.05) is 0 Å². The zero-order valence-electron chi connectivity index (χ0n) is 16.7. The van der Waals surface area contributed by atoms with Gasteiger partial charge in [0.25, 0.3) is 0 Å². The van der Waals surface area contributed by atoms with Crippen LogP contribution in [0.1, 0.15) is 27.7 Å². The molecule has 6 aliphatic heterocycles. The van der Waals surface area contributed by atoms with Crippen LogP contribution in [-0.2, 0) is 47.5 Å². The molecule has 11 nitrogen and oxygen atoms in total. The minimum Gasteiger partial charge on any atom is -0.455 e. The molecule has 6 heterocycles. The summed E-state index contributed by atoms with van der Waals surface area (Å²) in [5, 5.41) is 8.69. The van der Waals surface area contributed by atoms with Crippen molar-refractivity contribution < 1.29 is 52.6 Å².